The number of fused-ring (bicyclic) bond motifs is 2. The van der Waals surface area contributed by atoms with Gasteiger partial charge in [-0.25, -0.2) is 9.18 Å². The fourth-order valence-electron chi connectivity index (χ4n) is 5.50. The van der Waals surface area contributed by atoms with E-state index in [2.05, 4.69) is 0 Å². The molecular weight excluding hydrogens is 439 g/mol. The third-order valence-electron chi connectivity index (χ3n) is 7.34. The highest BCUT2D eigenvalue weighted by atomic mass is 19.1. The van der Waals surface area contributed by atoms with Crippen molar-refractivity contribution in [3.63, 3.8) is 0 Å². The van der Waals surface area contributed by atoms with Gasteiger partial charge in [0.1, 0.15) is 17.1 Å². The number of hydrogen-bond donors (Lipinski definition) is 2. The largest absolute Gasteiger partial charge is 0.506 e. The summed E-state index contributed by atoms with van der Waals surface area (Å²) in [4.78, 5) is 41.4. The van der Waals surface area contributed by atoms with Crippen LogP contribution >= 0.6 is 0 Å². The zero-order valence-corrected chi connectivity index (χ0v) is 18.4. The molecule has 34 heavy (non-hydrogen) atoms. The molecule has 8 heteroatoms. The lowest BCUT2D eigenvalue weighted by atomic mass is 9.85. The number of aromatic hydroxyl groups is 1. The first-order valence-corrected chi connectivity index (χ1v) is 11.1. The Hall–Kier alpha value is -3.94. The number of aliphatic carboxylic acids is 1. The predicted octanol–water partition coefficient (Wildman–Crippen LogP) is 3.37. The first kappa shape index (κ1) is 20.7. The van der Waals surface area contributed by atoms with Gasteiger partial charge in [-0.2, -0.15) is 0 Å². The number of phenolic OH excluding ortho intramolecular Hbond substituents is 1. The van der Waals surface area contributed by atoms with Crippen molar-refractivity contribution >= 4 is 34.2 Å². The Morgan fingerprint density at radius 1 is 1.09 bits per heavy atom. The zero-order chi connectivity index (χ0) is 23.9. The molecule has 3 aromatic carbocycles. The van der Waals surface area contributed by atoms with Crippen molar-refractivity contribution in [1.29, 1.82) is 0 Å². The summed E-state index contributed by atoms with van der Waals surface area (Å²) in [5.41, 5.74) is 2.15. The van der Waals surface area contributed by atoms with Crippen molar-refractivity contribution in [1.82, 2.24) is 4.90 Å². The minimum atomic E-state index is -1.32. The molecule has 0 bridgehead atoms. The van der Waals surface area contributed by atoms with E-state index in [-0.39, 0.29) is 41.9 Å². The fraction of sp³-hybridized carbons (Fsp3) is 0.269. The van der Waals surface area contributed by atoms with Crippen LogP contribution < -0.4 is 4.90 Å². The molecule has 1 saturated carbocycles. The smallest absolute Gasteiger partial charge is 0.330 e. The Balaban J connectivity index is 1.67. The maximum absolute atomic E-state index is 13.5. The summed E-state index contributed by atoms with van der Waals surface area (Å²) in [7, 11) is 1.64. The third kappa shape index (κ3) is 2.65. The Kier molecular flexibility index (Phi) is 4.12. The molecule has 0 atom stereocenters. The van der Waals surface area contributed by atoms with Crippen molar-refractivity contribution in [2.24, 2.45) is 0 Å². The van der Waals surface area contributed by atoms with Crippen LogP contribution in [0.2, 0.25) is 0 Å². The minimum Gasteiger partial charge on any atom is -0.506 e. The van der Waals surface area contributed by atoms with Gasteiger partial charge in [0.2, 0.25) is 5.91 Å². The zero-order valence-electron chi connectivity index (χ0n) is 18.4. The van der Waals surface area contributed by atoms with Gasteiger partial charge in [0.25, 0.3) is 5.91 Å². The molecule has 3 aliphatic rings. The quantitative estimate of drug-likeness (QED) is 0.622. The molecule has 2 amide bonds. The van der Waals surface area contributed by atoms with E-state index in [0.29, 0.717) is 52.4 Å². The fourth-order valence-corrected chi connectivity index (χ4v) is 5.50. The van der Waals surface area contributed by atoms with Crippen LogP contribution in [0.1, 0.15) is 45.5 Å². The van der Waals surface area contributed by atoms with Crippen molar-refractivity contribution in [3.05, 3.63) is 70.0 Å². The molecule has 1 fully saturated rings. The number of nitrogens with zero attached hydrogens (tertiary/aromatic N) is 2. The number of anilines is 1. The van der Waals surface area contributed by atoms with Gasteiger partial charge in [0.05, 0.1) is 17.7 Å². The van der Waals surface area contributed by atoms with Crippen molar-refractivity contribution in [2.75, 3.05) is 11.9 Å². The highest BCUT2D eigenvalue weighted by Crippen LogP contribution is 2.53. The molecule has 7 nitrogen and oxygen atoms in total. The van der Waals surface area contributed by atoms with Crippen LogP contribution in [0.3, 0.4) is 0 Å². The number of carbonyl (C=O) groups excluding carboxylic acids is 2. The predicted molar refractivity (Wildman–Crippen MR) is 121 cm³/mol. The van der Waals surface area contributed by atoms with E-state index in [1.54, 1.807) is 31.3 Å². The number of halogens is 1. The maximum atomic E-state index is 13.5. The first-order chi connectivity index (χ1) is 16.2. The average molecular weight is 460 g/mol. The topological polar surface area (TPSA) is 98.2 Å². The molecule has 2 N–H and O–H groups in total. The summed E-state index contributed by atoms with van der Waals surface area (Å²) in [6, 6.07) is 9.49. The van der Waals surface area contributed by atoms with Gasteiger partial charge < -0.3 is 15.1 Å². The number of carboxylic acids is 1. The summed E-state index contributed by atoms with van der Waals surface area (Å²) in [5, 5.41) is 22.2. The second kappa shape index (κ2) is 6.79. The molecule has 6 rings (SSSR count). The highest BCUT2D eigenvalue weighted by Gasteiger charge is 2.59. The SMILES string of the molecule is CN1Cc2c(c(O)c3ccc(Cc4ccc(F)cc4)c4c3c2CC(=O)N4C2(C(=O)O)CC2)C1=O. The molecule has 0 saturated heterocycles. The lowest BCUT2D eigenvalue weighted by molar-refractivity contribution is -0.141. The minimum absolute atomic E-state index is 0.0394. The first-order valence-electron chi connectivity index (χ1n) is 11.1. The molecule has 0 spiro atoms. The number of rotatable bonds is 4. The van der Waals surface area contributed by atoms with Crippen LogP contribution in [0.4, 0.5) is 10.1 Å². The standard InChI is InChI=1S/C26H21FN2O5/c1-28-12-18-17-11-19(30)29(26(8-9-26)25(33)34)22-14(10-13-2-5-15(27)6-3-13)4-7-16(20(17)22)23(31)21(18)24(28)32/h2-7,31H,8-12H2,1H3,(H,33,34). The lowest BCUT2D eigenvalue weighted by Gasteiger charge is -2.36. The van der Waals surface area contributed by atoms with E-state index in [4.69, 9.17) is 0 Å². The van der Waals surface area contributed by atoms with Gasteiger partial charge in [0, 0.05) is 24.4 Å². The molecule has 2 aliphatic heterocycles. The van der Waals surface area contributed by atoms with E-state index in [0.717, 1.165) is 5.56 Å². The third-order valence-corrected chi connectivity index (χ3v) is 7.34. The second-order valence-corrected chi connectivity index (χ2v) is 9.38. The summed E-state index contributed by atoms with van der Waals surface area (Å²) < 4.78 is 13.5. The molecular formula is C26H21FN2O5. The van der Waals surface area contributed by atoms with E-state index >= 15 is 0 Å². The summed E-state index contributed by atoms with van der Waals surface area (Å²) >= 11 is 0. The van der Waals surface area contributed by atoms with Crippen LogP contribution in [-0.4, -0.2) is 45.5 Å². The van der Waals surface area contributed by atoms with Crippen molar-refractivity contribution in [2.45, 2.75) is 37.8 Å². The van der Waals surface area contributed by atoms with Crippen molar-refractivity contribution < 1.29 is 29.0 Å². The van der Waals surface area contributed by atoms with Gasteiger partial charge in [-0.3, -0.25) is 14.5 Å². The number of amides is 2. The van der Waals surface area contributed by atoms with E-state index in [9.17, 15) is 29.0 Å². The monoisotopic (exact) mass is 460 g/mol. The van der Waals surface area contributed by atoms with E-state index in [1.807, 2.05) is 0 Å². The van der Waals surface area contributed by atoms with Crippen LogP contribution in [0.25, 0.3) is 10.8 Å². The number of carboxylic acid groups (broad SMARTS) is 1. The normalized spacial score (nSPS) is 17.9. The molecule has 0 unspecified atom stereocenters. The highest BCUT2D eigenvalue weighted by molar-refractivity contribution is 6.19. The molecule has 3 aromatic rings. The summed E-state index contributed by atoms with van der Waals surface area (Å²) in [6.07, 6.45) is 0.991. The Morgan fingerprint density at radius 2 is 1.79 bits per heavy atom. The number of benzene rings is 3. The summed E-state index contributed by atoms with van der Waals surface area (Å²) in [5.74, 6) is -2.21. The van der Waals surface area contributed by atoms with Gasteiger partial charge in [-0.1, -0.05) is 24.3 Å². The second-order valence-electron chi connectivity index (χ2n) is 9.38. The van der Waals surface area contributed by atoms with Gasteiger partial charge in [-0.05, 0) is 53.6 Å². The summed E-state index contributed by atoms with van der Waals surface area (Å²) in [6.45, 7) is 0.270. The molecule has 1 aliphatic carbocycles. The molecule has 2 heterocycles. The van der Waals surface area contributed by atoms with E-state index in [1.165, 1.54) is 21.9 Å². The van der Waals surface area contributed by atoms with Crippen molar-refractivity contribution in [3.8, 4) is 5.75 Å². The number of phenols is 1. The maximum Gasteiger partial charge on any atom is 0.330 e. The van der Waals surface area contributed by atoms with Gasteiger partial charge in [-0.15, -0.1) is 0 Å². The van der Waals surface area contributed by atoms with Crippen LogP contribution in [-0.2, 0) is 29.0 Å². The lowest BCUT2D eigenvalue weighted by Crippen LogP contribution is -2.50. The van der Waals surface area contributed by atoms with Gasteiger partial charge in [0.15, 0.2) is 0 Å². The van der Waals surface area contributed by atoms with Crippen LogP contribution in [0, 0.1) is 5.82 Å². The Bertz CT molecular complexity index is 1440. The Morgan fingerprint density at radius 3 is 2.44 bits per heavy atom. The molecule has 172 valence electrons. The van der Waals surface area contributed by atoms with Gasteiger partial charge >= 0.3 is 5.97 Å². The Labute approximate surface area is 194 Å². The molecule has 0 radical (unpaired) electrons. The molecule has 0 aromatic heterocycles. The number of hydrogen-bond acceptors (Lipinski definition) is 4. The van der Waals surface area contributed by atoms with Crippen LogP contribution in [0.5, 0.6) is 5.75 Å². The van der Waals surface area contributed by atoms with E-state index < -0.39 is 11.5 Å². The average Bonchev–Trinajstić information content (AvgIpc) is 3.55. The van der Waals surface area contributed by atoms with Crippen LogP contribution in [0.15, 0.2) is 36.4 Å². The number of carbonyl (C=O) groups is 3.